The van der Waals surface area contributed by atoms with Gasteiger partial charge in [-0.3, -0.25) is 9.59 Å². The molecule has 1 N–H and O–H groups in total. The van der Waals surface area contributed by atoms with E-state index in [9.17, 15) is 9.59 Å². The minimum absolute atomic E-state index is 0.0244. The normalized spacial score (nSPS) is 10.5. The second-order valence-electron chi connectivity index (χ2n) is 5.84. The van der Waals surface area contributed by atoms with E-state index in [1.54, 1.807) is 17.0 Å². The van der Waals surface area contributed by atoms with Crippen molar-refractivity contribution in [1.82, 2.24) is 4.90 Å². The summed E-state index contributed by atoms with van der Waals surface area (Å²) in [6, 6.07) is 17.1. The van der Waals surface area contributed by atoms with Crippen LogP contribution in [-0.4, -0.2) is 22.8 Å². The molecule has 2 amide bonds. The lowest BCUT2D eigenvalue weighted by atomic mass is 10.1. The van der Waals surface area contributed by atoms with E-state index in [1.807, 2.05) is 56.3 Å². The first kappa shape index (κ1) is 18.2. The van der Waals surface area contributed by atoms with Gasteiger partial charge in [-0.15, -0.1) is 0 Å². The fraction of sp³-hybridized carbons (Fsp3) is 0.263. The van der Waals surface area contributed by atoms with Crippen molar-refractivity contribution in [2.45, 2.75) is 32.9 Å². The highest BCUT2D eigenvalue weighted by Crippen LogP contribution is 2.16. The molecule has 2 aromatic rings. The van der Waals surface area contributed by atoms with E-state index in [2.05, 4.69) is 21.2 Å². The average Bonchev–Trinajstić information content (AvgIpc) is 2.53. The van der Waals surface area contributed by atoms with Crippen LogP contribution in [-0.2, 0) is 16.1 Å². The van der Waals surface area contributed by atoms with Gasteiger partial charge in [0.25, 0.3) is 0 Å². The highest BCUT2D eigenvalue weighted by Gasteiger charge is 2.20. The van der Waals surface area contributed by atoms with Gasteiger partial charge in [-0.2, -0.15) is 0 Å². The summed E-state index contributed by atoms with van der Waals surface area (Å²) >= 11 is 3.36. The number of hydrogen-bond donors (Lipinski definition) is 1. The number of halogens is 1. The molecule has 0 aromatic heterocycles. The van der Waals surface area contributed by atoms with Crippen LogP contribution in [0.1, 0.15) is 25.8 Å². The zero-order valence-electron chi connectivity index (χ0n) is 13.8. The van der Waals surface area contributed by atoms with Crippen LogP contribution in [0, 0.1) is 0 Å². The number of anilines is 1. The maximum Gasteiger partial charge on any atom is 0.233 e. The van der Waals surface area contributed by atoms with Gasteiger partial charge in [0.15, 0.2) is 0 Å². The summed E-state index contributed by atoms with van der Waals surface area (Å²) in [7, 11) is 0. The van der Waals surface area contributed by atoms with Crippen molar-refractivity contribution in [3.63, 3.8) is 0 Å². The van der Waals surface area contributed by atoms with Gasteiger partial charge in [0.2, 0.25) is 11.8 Å². The molecule has 0 aliphatic rings. The number of amides is 2. The molecule has 0 unspecified atom stereocenters. The Morgan fingerprint density at radius 2 is 1.79 bits per heavy atom. The number of nitrogens with zero attached hydrogens (tertiary/aromatic N) is 1. The van der Waals surface area contributed by atoms with Crippen LogP contribution < -0.4 is 5.32 Å². The fourth-order valence-corrected chi connectivity index (χ4v) is 2.75. The van der Waals surface area contributed by atoms with Crippen molar-refractivity contribution in [1.29, 1.82) is 0 Å². The number of benzene rings is 2. The standard InChI is InChI=1S/C19H21BrN2O2/c1-14(2)22(13-15-7-4-3-5-8-15)19(24)12-18(23)21-17-10-6-9-16(20)11-17/h3-11,14H,12-13H2,1-2H3,(H,21,23). The Hall–Kier alpha value is -2.14. The molecule has 4 nitrogen and oxygen atoms in total. The zero-order chi connectivity index (χ0) is 17.5. The Bertz CT molecular complexity index is 702. The van der Waals surface area contributed by atoms with Gasteiger partial charge < -0.3 is 10.2 Å². The molecule has 126 valence electrons. The Balaban J connectivity index is 1.98. The van der Waals surface area contributed by atoms with Gasteiger partial charge >= 0.3 is 0 Å². The third-order valence-corrected chi connectivity index (χ3v) is 4.05. The number of hydrogen-bond acceptors (Lipinski definition) is 2. The molecular weight excluding hydrogens is 368 g/mol. The smallest absolute Gasteiger partial charge is 0.233 e. The molecule has 24 heavy (non-hydrogen) atoms. The van der Waals surface area contributed by atoms with E-state index < -0.39 is 0 Å². The molecule has 0 fully saturated rings. The van der Waals surface area contributed by atoms with Crippen LogP contribution in [0.2, 0.25) is 0 Å². The predicted molar refractivity (Wildman–Crippen MR) is 99.5 cm³/mol. The van der Waals surface area contributed by atoms with Crippen molar-refractivity contribution in [2.75, 3.05) is 5.32 Å². The van der Waals surface area contributed by atoms with Crippen molar-refractivity contribution in [2.24, 2.45) is 0 Å². The van der Waals surface area contributed by atoms with Crippen LogP contribution in [0.15, 0.2) is 59.1 Å². The highest BCUT2D eigenvalue weighted by molar-refractivity contribution is 9.10. The molecule has 0 saturated heterocycles. The molecular formula is C19H21BrN2O2. The van der Waals surface area contributed by atoms with Crippen LogP contribution >= 0.6 is 15.9 Å². The van der Waals surface area contributed by atoms with E-state index in [-0.39, 0.29) is 24.3 Å². The van der Waals surface area contributed by atoms with Crippen LogP contribution in [0.4, 0.5) is 5.69 Å². The van der Waals surface area contributed by atoms with E-state index in [0.29, 0.717) is 12.2 Å². The van der Waals surface area contributed by atoms with Crippen molar-refractivity contribution >= 4 is 33.4 Å². The Morgan fingerprint density at radius 3 is 2.42 bits per heavy atom. The first-order valence-electron chi connectivity index (χ1n) is 7.84. The summed E-state index contributed by atoms with van der Waals surface area (Å²) in [6.07, 6.45) is -0.169. The summed E-state index contributed by atoms with van der Waals surface area (Å²) in [6.45, 7) is 4.40. The average molecular weight is 389 g/mol. The summed E-state index contributed by atoms with van der Waals surface area (Å²) in [5, 5.41) is 2.75. The maximum atomic E-state index is 12.5. The largest absolute Gasteiger partial charge is 0.336 e. The van der Waals surface area contributed by atoms with Crippen LogP contribution in [0.5, 0.6) is 0 Å². The van der Waals surface area contributed by atoms with E-state index >= 15 is 0 Å². The lowest BCUT2D eigenvalue weighted by Crippen LogP contribution is -2.38. The van der Waals surface area contributed by atoms with Gasteiger partial charge in [-0.25, -0.2) is 0 Å². The fourth-order valence-electron chi connectivity index (χ4n) is 2.35. The Kier molecular flexibility index (Phi) is 6.55. The molecule has 0 spiro atoms. The van der Waals surface area contributed by atoms with E-state index in [1.165, 1.54) is 0 Å². The zero-order valence-corrected chi connectivity index (χ0v) is 15.4. The third kappa shape index (κ3) is 5.49. The minimum atomic E-state index is -0.309. The van der Waals surface area contributed by atoms with Gasteiger partial charge in [-0.05, 0) is 37.6 Å². The first-order chi connectivity index (χ1) is 11.5. The van der Waals surface area contributed by atoms with Crippen molar-refractivity contribution in [3.8, 4) is 0 Å². The lowest BCUT2D eigenvalue weighted by molar-refractivity contribution is -0.136. The van der Waals surface area contributed by atoms with E-state index in [4.69, 9.17) is 0 Å². The summed E-state index contributed by atoms with van der Waals surface area (Å²) in [4.78, 5) is 26.4. The van der Waals surface area contributed by atoms with Crippen molar-refractivity contribution < 1.29 is 9.59 Å². The Morgan fingerprint density at radius 1 is 1.08 bits per heavy atom. The summed E-state index contributed by atoms with van der Waals surface area (Å²) in [5.41, 5.74) is 1.72. The second kappa shape index (κ2) is 8.64. The number of carbonyl (C=O) groups is 2. The number of carbonyl (C=O) groups excluding carboxylic acids is 2. The van der Waals surface area contributed by atoms with Crippen LogP contribution in [0.25, 0.3) is 0 Å². The molecule has 0 atom stereocenters. The summed E-state index contributed by atoms with van der Waals surface area (Å²) < 4.78 is 0.875. The van der Waals surface area contributed by atoms with E-state index in [0.717, 1.165) is 10.0 Å². The maximum absolute atomic E-state index is 12.5. The molecule has 0 aliphatic carbocycles. The Labute approximate surface area is 151 Å². The molecule has 0 aliphatic heterocycles. The summed E-state index contributed by atoms with van der Waals surface area (Å²) in [5.74, 6) is -0.488. The van der Waals surface area contributed by atoms with Crippen molar-refractivity contribution in [3.05, 3.63) is 64.6 Å². The molecule has 0 saturated carbocycles. The SMILES string of the molecule is CC(C)N(Cc1ccccc1)C(=O)CC(=O)Nc1cccc(Br)c1. The van der Waals surface area contributed by atoms with Gasteiger partial charge in [-0.1, -0.05) is 52.3 Å². The molecule has 2 aromatic carbocycles. The molecule has 0 heterocycles. The second-order valence-corrected chi connectivity index (χ2v) is 6.75. The predicted octanol–water partition coefficient (Wildman–Crippen LogP) is 4.21. The number of rotatable bonds is 6. The van der Waals surface area contributed by atoms with Gasteiger partial charge in [0, 0.05) is 22.7 Å². The minimum Gasteiger partial charge on any atom is -0.336 e. The van der Waals surface area contributed by atoms with Gasteiger partial charge in [0.05, 0.1) is 0 Å². The molecule has 5 heteroatoms. The lowest BCUT2D eigenvalue weighted by Gasteiger charge is -2.26. The quantitative estimate of drug-likeness (QED) is 0.753. The van der Waals surface area contributed by atoms with Crippen LogP contribution in [0.3, 0.4) is 0 Å². The topological polar surface area (TPSA) is 49.4 Å². The molecule has 0 bridgehead atoms. The highest BCUT2D eigenvalue weighted by atomic mass is 79.9. The third-order valence-electron chi connectivity index (χ3n) is 3.56. The first-order valence-corrected chi connectivity index (χ1v) is 8.64. The molecule has 0 radical (unpaired) electrons. The number of nitrogens with one attached hydrogen (secondary N) is 1. The monoisotopic (exact) mass is 388 g/mol. The molecule has 2 rings (SSSR count). The van der Waals surface area contributed by atoms with Gasteiger partial charge in [0.1, 0.15) is 6.42 Å².